The summed E-state index contributed by atoms with van der Waals surface area (Å²) in [7, 11) is 3.45. The zero-order valence-electron chi connectivity index (χ0n) is 29.2. The molecule has 0 saturated heterocycles. The van der Waals surface area contributed by atoms with Gasteiger partial charge in [-0.15, -0.1) is 0 Å². The number of nitrogens with zero attached hydrogens (tertiary/aromatic N) is 2. The SMILES string of the molecule is COc1ccc2[nH]c3ccc4cc[n+](CC([NH3+])CCCCCCC([NH3+])C[n+]5ccc6ccc7[nH]c8ccc(OC)cc8c7c6c5)cc4c3c2c1. The van der Waals surface area contributed by atoms with E-state index in [1.54, 1.807) is 14.2 Å². The number of fused-ring (bicyclic) bond motifs is 10. The third kappa shape index (κ3) is 6.21. The number of H-pyrrole nitrogens is 2. The van der Waals surface area contributed by atoms with Crippen molar-refractivity contribution in [3.63, 3.8) is 0 Å². The van der Waals surface area contributed by atoms with Crippen LogP contribution in [0.25, 0.3) is 65.2 Å². The van der Waals surface area contributed by atoms with E-state index in [-0.39, 0.29) is 0 Å². The summed E-state index contributed by atoms with van der Waals surface area (Å²) in [5.41, 5.74) is 13.6. The molecule has 4 heterocycles. The van der Waals surface area contributed by atoms with Gasteiger partial charge in [0.1, 0.15) is 23.6 Å². The number of methoxy groups -OCH3 is 2. The third-order valence-electron chi connectivity index (χ3n) is 10.5. The maximum Gasteiger partial charge on any atom is 0.199 e. The highest BCUT2D eigenvalue weighted by Crippen LogP contribution is 2.35. The van der Waals surface area contributed by atoms with Gasteiger partial charge in [-0.25, -0.2) is 0 Å². The maximum atomic E-state index is 5.53. The van der Waals surface area contributed by atoms with Gasteiger partial charge in [0.25, 0.3) is 0 Å². The molecule has 0 bridgehead atoms. The highest BCUT2D eigenvalue weighted by Gasteiger charge is 2.18. The van der Waals surface area contributed by atoms with Gasteiger partial charge in [-0.2, -0.15) is 9.13 Å². The Hall–Kier alpha value is -5.18. The molecule has 0 radical (unpaired) electrons. The third-order valence-corrected chi connectivity index (χ3v) is 10.5. The monoisotopic (exact) mass is 668 g/mol. The lowest BCUT2D eigenvalue weighted by Crippen LogP contribution is -2.66. The molecule has 8 heteroatoms. The smallest absolute Gasteiger partial charge is 0.199 e. The van der Waals surface area contributed by atoms with E-state index in [9.17, 15) is 0 Å². The van der Waals surface area contributed by atoms with Crippen molar-refractivity contribution < 1.29 is 30.1 Å². The topological polar surface area (TPSA) is 113 Å². The molecule has 254 valence electrons. The summed E-state index contributed by atoms with van der Waals surface area (Å²) < 4.78 is 15.7. The second-order valence-corrected chi connectivity index (χ2v) is 14.1. The molecule has 50 heavy (non-hydrogen) atoms. The molecule has 8 rings (SSSR count). The number of ether oxygens (including phenoxy) is 2. The van der Waals surface area contributed by atoms with E-state index in [0.29, 0.717) is 12.1 Å². The number of hydrogen-bond acceptors (Lipinski definition) is 2. The van der Waals surface area contributed by atoms with Crippen molar-refractivity contribution in [3.05, 3.63) is 97.6 Å². The van der Waals surface area contributed by atoms with Crippen LogP contribution in [0.2, 0.25) is 0 Å². The number of hydrogen-bond donors (Lipinski definition) is 4. The minimum Gasteiger partial charge on any atom is -0.497 e. The molecule has 2 unspecified atom stereocenters. The molecule has 0 aliphatic heterocycles. The zero-order valence-corrected chi connectivity index (χ0v) is 29.2. The molecule has 0 aliphatic carbocycles. The van der Waals surface area contributed by atoms with Crippen molar-refractivity contribution in [3.8, 4) is 11.5 Å². The van der Waals surface area contributed by atoms with Gasteiger partial charge in [0.05, 0.1) is 25.0 Å². The quantitative estimate of drug-likeness (QED) is 0.0877. The summed E-state index contributed by atoms with van der Waals surface area (Å²) >= 11 is 0. The van der Waals surface area contributed by atoms with E-state index < -0.39 is 0 Å². The number of quaternary nitrogens is 2. The standard InChI is InChI=1S/C42H44N6O2/c1-49-31-11-15-37-33(21-31)41-35-25-47(19-17-27(35)9-13-39(41)45-37)23-29(43)7-5-3-4-6-8-30(44)24-48-20-18-28-10-14-40-42(36(28)26-48)34-22-32(50-2)12-16-38(34)46-40/h9-22,25-26,29-30H,3-8,23-24,43-44H2,1-2H3/p+4. The van der Waals surface area contributed by atoms with Crippen molar-refractivity contribution in [2.45, 2.75) is 63.7 Å². The predicted octanol–water partition coefficient (Wildman–Crippen LogP) is 6.12. The van der Waals surface area contributed by atoms with Crippen molar-refractivity contribution in [1.82, 2.24) is 9.97 Å². The molecule has 0 amide bonds. The Morgan fingerprint density at radius 2 is 0.980 bits per heavy atom. The number of unbranched alkanes of at least 4 members (excludes halogenated alkanes) is 3. The average Bonchev–Trinajstić information content (AvgIpc) is 3.71. The van der Waals surface area contributed by atoms with Crippen LogP contribution in [0.5, 0.6) is 11.5 Å². The van der Waals surface area contributed by atoms with Crippen molar-refractivity contribution in [2.24, 2.45) is 0 Å². The summed E-state index contributed by atoms with van der Waals surface area (Å²) in [5.74, 6) is 1.75. The van der Waals surface area contributed by atoms with Gasteiger partial charge in [0.15, 0.2) is 37.9 Å². The van der Waals surface area contributed by atoms with Crippen LogP contribution in [-0.2, 0) is 13.1 Å². The van der Waals surface area contributed by atoms with Crippen LogP contribution in [-0.4, -0.2) is 36.3 Å². The molecule has 0 aliphatic rings. The second-order valence-electron chi connectivity index (χ2n) is 14.1. The molecule has 0 saturated carbocycles. The Morgan fingerprint density at radius 3 is 1.42 bits per heavy atom. The molecule has 8 aromatic rings. The first-order chi connectivity index (χ1) is 24.5. The molecule has 0 fully saturated rings. The van der Waals surface area contributed by atoms with Gasteiger partial charge in [0.2, 0.25) is 0 Å². The second kappa shape index (κ2) is 13.6. The molecule has 8 N–H and O–H groups in total. The van der Waals surface area contributed by atoms with Crippen LogP contribution in [0, 0.1) is 0 Å². The summed E-state index contributed by atoms with van der Waals surface area (Å²) in [5, 5.41) is 9.90. The first kappa shape index (κ1) is 32.0. The van der Waals surface area contributed by atoms with E-state index in [2.05, 4.69) is 116 Å². The molecule has 4 aromatic carbocycles. The van der Waals surface area contributed by atoms with E-state index >= 15 is 0 Å². The fourth-order valence-corrected chi connectivity index (χ4v) is 7.85. The van der Waals surface area contributed by atoms with Crippen molar-refractivity contribution >= 4 is 65.2 Å². The van der Waals surface area contributed by atoms with Gasteiger partial charge in [-0.05, 0) is 72.1 Å². The van der Waals surface area contributed by atoms with E-state index in [4.69, 9.17) is 9.47 Å². The largest absolute Gasteiger partial charge is 0.497 e. The Morgan fingerprint density at radius 1 is 0.540 bits per heavy atom. The molecular weight excluding hydrogens is 621 g/mol. The van der Waals surface area contributed by atoms with Gasteiger partial charge in [-0.1, -0.05) is 25.0 Å². The first-order valence-electron chi connectivity index (χ1n) is 18.0. The fourth-order valence-electron chi connectivity index (χ4n) is 7.85. The van der Waals surface area contributed by atoms with Gasteiger partial charge in [0, 0.05) is 68.6 Å². The minimum atomic E-state index is 0.370. The Balaban J connectivity index is 0.842. The summed E-state index contributed by atoms with van der Waals surface area (Å²) in [6.45, 7) is 1.83. The Kier molecular flexibility index (Phi) is 8.73. The van der Waals surface area contributed by atoms with Gasteiger partial charge < -0.3 is 30.9 Å². The van der Waals surface area contributed by atoms with E-state index in [0.717, 1.165) is 59.5 Å². The summed E-state index contributed by atoms with van der Waals surface area (Å²) in [6.07, 6.45) is 16.2. The van der Waals surface area contributed by atoms with Gasteiger partial charge >= 0.3 is 0 Å². The van der Waals surface area contributed by atoms with Crippen LogP contribution in [0.15, 0.2) is 97.6 Å². The lowest BCUT2D eigenvalue weighted by atomic mass is 10.0. The maximum absolute atomic E-state index is 5.53. The number of aromatic nitrogens is 4. The van der Waals surface area contributed by atoms with Crippen LogP contribution < -0.4 is 30.1 Å². The van der Waals surface area contributed by atoms with Crippen molar-refractivity contribution in [1.29, 1.82) is 0 Å². The number of nitrogens with one attached hydrogen (secondary N) is 2. The molecule has 8 nitrogen and oxygen atoms in total. The van der Waals surface area contributed by atoms with E-state index in [1.807, 2.05) is 12.1 Å². The summed E-state index contributed by atoms with van der Waals surface area (Å²) in [6, 6.07) is 26.4. The van der Waals surface area contributed by atoms with Crippen molar-refractivity contribution in [2.75, 3.05) is 14.2 Å². The molecule has 0 spiro atoms. The van der Waals surface area contributed by atoms with Crippen LogP contribution >= 0.6 is 0 Å². The highest BCUT2D eigenvalue weighted by molar-refractivity contribution is 6.21. The minimum absolute atomic E-state index is 0.370. The zero-order chi connectivity index (χ0) is 34.2. The van der Waals surface area contributed by atoms with Crippen LogP contribution in [0.4, 0.5) is 0 Å². The highest BCUT2D eigenvalue weighted by atomic mass is 16.5. The van der Waals surface area contributed by atoms with Crippen LogP contribution in [0.3, 0.4) is 0 Å². The molecular formula is C42H48N6O2+4. The number of aromatic amines is 2. The molecule has 2 atom stereocenters. The summed E-state index contributed by atoms with van der Waals surface area (Å²) in [4.78, 5) is 7.16. The van der Waals surface area contributed by atoms with E-state index in [1.165, 1.54) is 68.8 Å². The molecule has 4 aromatic heterocycles. The first-order valence-corrected chi connectivity index (χ1v) is 18.0. The van der Waals surface area contributed by atoms with Gasteiger partial charge in [-0.3, -0.25) is 0 Å². The Bertz CT molecular complexity index is 2310. The number of benzene rings is 4. The fraction of sp³-hybridized carbons (Fsp3) is 0.286. The average molecular weight is 669 g/mol. The number of pyridine rings is 2. The lowest BCUT2D eigenvalue weighted by molar-refractivity contribution is -0.721. The Labute approximate surface area is 291 Å². The lowest BCUT2D eigenvalue weighted by Gasteiger charge is -2.08. The van der Waals surface area contributed by atoms with Crippen LogP contribution in [0.1, 0.15) is 38.5 Å². The number of rotatable bonds is 13. The normalized spacial score (nSPS) is 13.3. The predicted molar refractivity (Wildman–Crippen MR) is 201 cm³/mol.